The molecule has 0 aliphatic rings. The maximum Gasteiger partial charge on any atom is 0.168 e. The summed E-state index contributed by atoms with van der Waals surface area (Å²) in [6.07, 6.45) is 6.67. The van der Waals surface area contributed by atoms with Crippen molar-refractivity contribution in [3.63, 3.8) is 0 Å². The first-order valence-corrected chi connectivity index (χ1v) is 19.8. The molecule has 4 aromatic heterocycles. The summed E-state index contributed by atoms with van der Waals surface area (Å²) in [5.74, 6) is 1.66. The molecule has 8 heteroatoms. The quantitative estimate of drug-likeness (QED) is 0.157. The van der Waals surface area contributed by atoms with E-state index in [0.29, 0.717) is 0 Å². The molecule has 0 fully saturated rings. The van der Waals surface area contributed by atoms with Crippen LogP contribution in [0.4, 0.5) is 0 Å². The monoisotopic (exact) mass is 768 g/mol. The molecule has 60 heavy (non-hydrogen) atoms. The van der Waals surface area contributed by atoms with Crippen LogP contribution in [0.3, 0.4) is 0 Å². The molecule has 8 nitrogen and oxygen atoms in total. The number of hydrogen-bond acceptors (Lipinski definition) is 6. The number of para-hydroxylation sites is 2. The zero-order valence-electron chi connectivity index (χ0n) is 32.1. The van der Waals surface area contributed by atoms with Crippen molar-refractivity contribution in [1.82, 2.24) is 39.0 Å². The number of imidazole rings is 2. The van der Waals surface area contributed by atoms with Crippen molar-refractivity contribution in [3.05, 3.63) is 195 Å². The van der Waals surface area contributed by atoms with Crippen LogP contribution < -0.4 is 0 Å². The van der Waals surface area contributed by atoms with Gasteiger partial charge in [-0.15, -0.1) is 0 Å². The smallest absolute Gasteiger partial charge is 0.168 e. The van der Waals surface area contributed by atoms with Gasteiger partial charge in [0.15, 0.2) is 11.3 Å². The van der Waals surface area contributed by atoms with Crippen LogP contribution in [0, 0.1) is 0 Å². The molecule has 0 aliphatic heterocycles. The Labute approximate surface area is 343 Å². The summed E-state index contributed by atoms with van der Waals surface area (Å²) >= 11 is 0. The zero-order valence-corrected chi connectivity index (χ0v) is 32.1. The van der Waals surface area contributed by atoms with Crippen LogP contribution in [0.15, 0.2) is 195 Å². The van der Waals surface area contributed by atoms with E-state index >= 15 is 0 Å². The van der Waals surface area contributed by atoms with E-state index in [2.05, 4.69) is 163 Å². The van der Waals surface area contributed by atoms with Gasteiger partial charge in [-0.1, -0.05) is 133 Å². The van der Waals surface area contributed by atoms with Crippen LogP contribution in [-0.4, -0.2) is 39.0 Å². The van der Waals surface area contributed by atoms with Crippen LogP contribution in [0.2, 0.25) is 0 Å². The summed E-state index contributed by atoms with van der Waals surface area (Å²) < 4.78 is 4.19. The SMILES string of the molecule is c1ccc(-n2c(-c3ccc(-c4ccc5c(ccc6c7ccc(-c8ccc(-c9nc%10cncnc%10n9-c9ccccc9)cc8)cc7ccc56)c4)cc3)nc3cncnc32)cc1. The first-order valence-electron chi connectivity index (χ1n) is 19.8. The molecule has 0 N–H and O–H groups in total. The van der Waals surface area contributed by atoms with E-state index in [1.54, 1.807) is 25.0 Å². The average Bonchev–Trinajstić information content (AvgIpc) is 3.91. The largest absolute Gasteiger partial charge is 0.277 e. The number of nitrogens with zero attached hydrogens (tertiary/aromatic N) is 8. The van der Waals surface area contributed by atoms with Gasteiger partial charge in [-0.25, -0.2) is 29.9 Å². The van der Waals surface area contributed by atoms with Gasteiger partial charge < -0.3 is 0 Å². The molecular formula is C52H32N8. The molecule has 0 spiro atoms. The molecule has 0 unspecified atom stereocenters. The number of rotatable bonds is 6. The number of aromatic nitrogens is 8. The van der Waals surface area contributed by atoms with Crippen LogP contribution in [0.25, 0.3) is 111 Å². The fraction of sp³-hybridized carbons (Fsp3) is 0. The van der Waals surface area contributed by atoms with Crippen LogP contribution in [0.5, 0.6) is 0 Å². The summed E-state index contributed by atoms with van der Waals surface area (Å²) in [6.45, 7) is 0. The fourth-order valence-corrected chi connectivity index (χ4v) is 8.56. The highest BCUT2D eigenvalue weighted by Crippen LogP contribution is 2.37. The minimum absolute atomic E-state index is 0.760. The summed E-state index contributed by atoms with van der Waals surface area (Å²) in [5, 5.41) is 7.37. The molecule has 0 saturated heterocycles. The Morgan fingerprint density at radius 2 is 0.717 bits per heavy atom. The lowest BCUT2D eigenvalue weighted by atomic mass is 9.93. The van der Waals surface area contributed by atoms with E-state index in [4.69, 9.17) is 9.97 Å². The molecule has 0 amide bonds. The van der Waals surface area contributed by atoms with Gasteiger partial charge in [0.05, 0.1) is 12.4 Å². The average molecular weight is 769 g/mol. The van der Waals surface area contributed by atoms with Crippen molar-refractivity contribution >= 4 is 54.6 Å². The lowest BCUT2D eigenvalue weighted by molar-refractivity contribution is 1.07. The molecule has 12 aromatic rings. The number of benzene rings is 8. The lowest BCUT2D eigenvalue weighted by Crippen LogP contribution is -1.98. The molecule has 280 valence electrons. The van der Waals surface area contributed by atoms with Gasteiger partial charge in [0.25, 0.3) is 0 Å². The van der Waals surface area contributed by atoms with Crippen molar-refractivity contribution in [2.24, 2.45) is 0 Å². The van der Waals surface area contributed by atoms with Gasteiger partial charge in [-0.05, 0) is 91.0 Å². The Morgan fingerprint density at radius 3 is 1.15 bits per heavy atom. The van der Waals surface area contributed by atoms with Crippen molar-refractivity contribution in [3.8, 4) is 56.4 Å². The van der Waals surface area contributed by atoms with Gasteiger partial charge in [0.2, 0.25) is 0 Å². The van der Waals surface area contributed by atoms with E-state index < -0.39 is 0 Å². The van der Waals surface area contributed by atoms with Gasteiger partial charge in [-0.2, -0.15) is 0 Å². The normalized spacial score (nSPS) is 11.7. The van der Waals surface area contributed by atoms with E-state index in [1.807, 2.05) is 36.4 Å². The van der Waals surface area contributed by atoms with Gasteiger partial charge in [0, 0.05) is 22.5 Å². The highest BCUT2D eigenvalue weighted by atomic mass is 15.2. The minimum atomic E-state index is 0.760. The molecule has 0 radical (unpaired) electrons. The molecule has 0 bridgehead atoms. The second-order valence-electron chi connectivity index (χ2n) is 14.9. The lowest BCUT2D eigenvalue weighted by Gasteiger charge is -2.12. The zero-order chi connectivity index (χ0) is 39.6. The van der Waals surface area contributed by atoms with Gasteiger partial charge >= 0.3 is 0 Å². The summed E-state index contributed by atoms with van der Waals surface area (Å²) in [6, 6.07) is 60.3. The number of hydrogen-bond donors (Lipinski definition) is 0. The Hall–Kier alpha value is -8.36. The minimum Gasteiger partial charge on any atom is -0.277 e. The first-order chi connectivity index (χ1) is 29.7. The second-order valence-corrected chi connectivity index (χ2v) is 14.9. The van der Waals surface area contributed by atoms with E-state index in [1.165, 1.54) is 43.4 Å². The third-order valence-electron chi connectivity index (χ3n) is 11.5. The predicted octanol–water partition coefficient (Wildman–Crippen LogP) is 12.1. The molecular weight excluding hydrogens is 737 g/mol. The predicted molar refractivity (Wildman–Crippen MR) is 241 cm³/mol. The third-order valence-corrected chi connectivity index (χ3v) is 11.5. The first kappa shape index (κ1) is 33.7. The van der Waals surface area contributed by atoms with E-state index in [9.17, 15) is 0 Å². The van der Waals surface area contributed by atoms with Gasteiger partial charge in [-0.3, -0.25) is 9.13 Å². The van der Waals surface area contributed by atoms with Crippen molar-refractivity contribution < 1.29 is 0 Å². The van der Waals surface area contributed by atoms with Crippen LogP contribution in [-0.2, 0) is 0 Å². The molecule has 12 rings (SSSR count). The summed E-state index contributed by atoms with van der Waals surface area (Å²) in [5.41, 5.74) is 11.7. The maximum atomic E-state index is 4.94. The maximum absolute atomic E-state index is 4.94. The highest BCUT2D eigenvalue weighted by Gasteiger charge is 2.18. The molecule has 0 aliphatic carbocycles. The Balaban J connectivity index is 0.848. The molecule has 0 atom stereocenters. The fourth-order valence-electron chi connectivity index (χ4n) is 8.56. The summed E-state index contributed by atoms with van der Waals surface area (Å²) in [7, 11) is 0. The Bertz CT molecular complexity index is 3340. The van der Waals surface area contributed by atoms with Crippen LogP contribution >= 0.6 is 0 Å². The Kier molecular flexibility index (Phi) is 7.67. The molecule has 4 heterocycles. The van der Waals surface area contributed by atoms with Crippen molar-refractivity contribution in [2.45, 2.75) is 0 Å². The summed E-state index contributed by atoms with van der Waals surface area (Å²) in [4.78, 5) is 27.4. The third kappa shape index (κ3) is 5.54. The molecule has 8 aromatic carbocycles. The second kappa shape index (κ2) is 13.6. The van der Waals surface area contributed by atoms with Crippen molar-refractivity contribution in [1.29, 1.82) is 0 Å². The van der Waals surface area contributed by atoms with Crippen LogP contribution in [0.1, 0.15) is 0 Å². The van der Waals surface area contributed by atoms with Gasteiger partial charge in [0.1, 0.15) is 35.3 Å². The standard InChI is InChI=1S/C52H32N8/c1-3-7-41(8-4-1)59-49(57-47-29-53-31-55-51(47)59)35-15-11-33(12-16-35)37-19-23-43-39(27-37)21-25-46-44-24-20-38(28-40(44)22-26-45(43)46)34-13-17-36(18-14-34)50-58-48-30-54-32-56-52(48)60(50)42-9-5-2-6-10-42/h1-32H. The van der Waals surface area contributed by atoms with E-state index in [-0.39, 0.29) is 0 Å². The van der Waals surface area contributed by atoms with E-state index in [0.717, 1.165) is 67.6 Å². The molecule has 0 saturated carbocycles. The Morgan fingerprint density at radius 1 is 0.333 bits per heavy atom. The van der Waals surface area contributed by atoms with Crippen molar-refractivity contribution in [2.75, 3.05) is 0 Å². The topological polar surface area (TPSA) is 87.2 Å². The highest BCUT2D eigenvalue weighted by molar-refractivity contribution is 6.18. The number of fused-ring (bicyclic) bond motifs is 7.